The zero-order chi connectivity index (χ0) is 27.4. The standard InChI is InChI=1S/C30H33Cl2N3O3/c1-4-5-15-38-16-14-34-27-13-6-19(2)17-25(27)29(36)35(20(3)24-12-11-23(32)18-26(24)33)28(30(34)37)21-7-9-22(31)10-8-21/h6-13,17-18,20,28H,4-5,14-16,33H2,1-3H3. The molecule has 38 heavy (non-hydrogen) atoms. The quantitative estimate of drug-likeness (QED) is 0.229. The molecular weight excluding hydrogens is 521 g/mol. The maximum absolute atomic E-state index is 14.4. The molecule has 1 aliphatic rings. The molecule has 0 fully saturated rings. The fourth-order valence-electron chi connectivity index (χ4n) is 4.86. The van der Waals surface area contributed by atoms with Crippen LogP contribution in [0.15, 0.2) is 60.7 Å². The lowest BCUT2D eigenvalue weighted by Gasteiger charge is -2.36. The van der Waals surface area contributed by atoms with E-state index in [0.717, 1.165) is 18.4 Å². The van der Waals surface area contributed by atoms with Gasteiger partial charge in [-0.15, -0.1) is 0 Å². The van der Waals surface area contributed by atoms with Crippen molar-refractivity contribution in [2.24, 2.45) is 0 Å². The monoisotopic (exact) mass is 553 g/mol. The number of benzene rings is 3. The highest BCUT2D eigenvalue weighted by Gasteiger charge is 2.43. The first-order valence-corrected chi connectivity index (χ1v) is 13.6. The molecule has 1 aliphatic heterocycles. The molecule has 4 rings (SSSR count). The summed E-state index contributed by atoms with van der Waals surface area (Å²) in [5.41, 5.74) is 10.1. The topological polar surface area (TPSA) is 75.9 Å². The first-order valence-electron chi connectivity index (χ1n) is 12.9. The average Bonchev–Trinajstić information content (AvgIpc) is 2.97. The van der Waals surface area contributed by atoms with Gasteiger partial charge in [0.05, 0.1) is 23.9 Å². The number of nitrogens with zero attached hydrogens (tertiary/aromatic N) is 2. The summed E-state index contributed by atoms with van der Waals surface area (Å²) in [6.07, 6.45) is 1.97. The maximum Gasteiger partial charge on any atom is 0.257 e. The van der Waals surface area contributed by atoms with Crippen molar-refractivity contribution in [3.63, 3.8) is 0 Å². The van der Waals surface area contributed by atoms with Crippen LogP contribution in [0.3, 0.4) is 0 Å². The number of hydrogen-bond donors (Lipinski definition) is 1. The van der Waals surface area contributed by atoms with E-state index in [-0.39, 0.29) is 11.8 Å². The second kappa shape index (κ2) is 12.2. The van der Waals surface area contributed by atoms with Crippen LogP contribution >= 0.6 is 23.2 Å². The molecule has 3 aromatic carbocycles. The third kappa shape index (κ3) is 5.83. The average molecular weight is 555 g/mol. The normalized spacial score (nSPS) is 16.4. The number of ether oxygens (including phenoxy) is 1. The summed E-state index contributed by atoms with van der Waals surface area (Å²) in [5.74, 6) is -0.477. The van der Waals surface area contributed by atoms with Crippen molar-refractivity contribution in [2.75, 3.05) is 30.4 Å². The summed E-state index contributed by atoms with van der Waals surface area (Å²) in [7, 11) is 0. The molecule has 0 radical (unpaired) electrons. The maximum atomic E-state index is 14.4. The molecule has 0 spiro atoms. The van der Waals surface area contributed by atoms with Crippen molar-refractivity contribution in [1.82, 2.24) is 4.90 Å². The number of rotatable bonds is 9. The smallest absolute Gasteiger partial charge is 0.257 e. The highest BCUT2D eigenvalue weighted by atomic mass is 35.5. The number of unbranched alkanes of at least 4 members (excludes halogenated alkanes) is 1. The van der Waals surface area contributed by atoms with Crippen molar-refractivity contribution in [3.05, 3.63) is 93.0 Å². The van der Waals surface area contributed by atoms with E-state index < -0.39 is 12.1 Å². The second-order valence-corrected chi connectivity index (χ2v) is 10.5. The Morgan fingerprint density at radius 3 is 2.37 bits per heavy atom. The van der Waals surface area contributed by atoms with Gasteiger partial charge in [0, 0.05) is 28.9 Å². The summed E-state index contributed by atoms with van der Waals surface area (Å²) in [6, 6.07) is 16.4. The number of aryl methyl sites for hydroxylation is 1. The molecule has 8 heteroatoms. The molecule has 2 amide bonds. The molecule has 6 nitrogen and oxygen atoms in total. The highest BCUT2D eigenvalue weighted by Crippen LogP contribution is 2.41. The Balaban J connectivity index is 1.86. The zero-order valence-electron chi connectivity index (χ0n) is 21.9. The number of anilines is 2. The first kappa shape index (κ1) is 28.0. The van der Waals surface area contributed by atoms with Gasteiger partial charge in [-0.05, 0) is 67.8 Å². The molecule has 2 atom stereocenters. The van der Waals surface area contributed by atoms with Gasteiger partial charge in [0.1, 0.15) is 6.04 Å². The van der Waals surface area contributed by atoms with Crippen molar-refractivity contribution in [1.29, 1.82) is 0 Å². The number of halogens is 2. The minimum atomic E-state index is -0.909. The van der Waals surface area contributed by atoms with Gasteiger partial charge in [-0.2, -0.15) is 0 Å². The van der Waals surface area contributed by atoms with Gasteiger partial charge in [-0.3, -0.25) is 9.59 Å². The molecule has 200 valence electrons. The van der Waals surface area contributed by atoms with Crippen LogP contribution in [0.4, 0.5) is 11.4 Å². The SMILES string of the molecule is CCCCOCCN1C(=O)C(c2ccc(Cl)cc2)N(C(C)c2ccc(Cl)cc2N)C(=O)c2cc(C)ccc21. The van der Waals surface area contributed by atoms with Crippen LogP contribution in [-0.4, -0.2) is 36.5 Å². The van der Waals surface area contributed by atoms with Crippen molar-refractivity contribution in [3.8, 4) is 0 Å². The Morgan fingerprint density at radius 1 is 0.974 bits per heavy atom. The lowest BCUT2D eigenvalue weighted by Crippen LogP contribution is -2.44. The van der Waals surface area contributed by atoms with E-state index in [4.69, 9.17) is 33.7 Å². The van der Waals surface area contributed by atoms with E-state index >= 15 is 0 Å². The van der Waals surface area contributed by atoms with E-state index in [1.807, 2.05) is 32.0 Å². The minimum Gasteiger partial charge on any atom is -0.398 e. The Bertz CT molecular complexity index is 1310. The lowest BCUT2D eigenvalue weighted by atomic mass is 9.97. The number of hydrogen-bond acceptors (Lipinski definition) is 4. The van der Waals surface area contributed by atoms with E-state index in [9.17, 15) is 9.59 Å². The van der Waals surface area contributed by atoms with E-state index in [0.29, 0.717) is 57.9 Å². The Kier molecular flexibility index (Phi) is 8.98. The van der Waals surface area contributed by atoms with Crippen LogP contribution in [0.1, 0.15) is 65.8 Å². The lowest BCUT2D eigenvalue weighted by molar-refractivity contribution is -0.124. The van der Waals surface area contributed by atoms with Gasteiger partial charge in [0.2, 0.25) is 0 Å². The van der Waals surface area contributed by atoms with Crippen molar-refractivity contribution >= 4 is 46.4 Å². The summed E-state index contributed by atoms with van der Waals surface area (Å²) < 4.78 is 5.82. The predicted molar refractivity (Wildman–Crippen MR) is 154 cm³/mol. The molecule has 1 heterocycles. The number of fused-ring (bicyclic) bond motifs is 1. The zero-order valence-corrected chi connectivity index (χ0v) is 23.4. The van der Waals surface area contributed by atoms with Gasteiger partial charge in [-0.1, -0.05) is 66.4 Å². The van der Waals surface area contributed by atoms with Crippen molar-refractivity contribution < 1.29 is 14.3 Å². The van der Waals surface area contributed by atoms with Gasteiger partial charge in [0.25, 0.3) is 11.8 Å². The van der Waals surface area contributed by atoms with Gasteiger partial charge in [0.15, 0.2) is 0 Å². The third-order valence-corrected chi connectivity index (χ3v) is 7.38. The van der Waals surface area contributed by atoms with Crippen LogP contribution in [0.2, 0.25) is 10.0 Å². The van der Waals surface area contributed by atoms with Gasteiger partial charge < -0.3 is 20.3 Å². The molecule has 0 aromatic heterocycles. The van der Waals surface area contributed by atoms with Gasteiger partial charge in [-0.25, -0.2) is 0 Å². The van der Waals surface area contributed by atoms with Crippen molar-refractivity contribution in [2.45, 2.75) is 45.7 Å². The predicted octanol–water partition coefficient (Wildman–Crippen LogP) is 6.99. The fraction of sp³-hybridized carbons (Fsp3) is 0.333. The number of carbonyl (C=O) groups is 2. The van der Waals surface area contributed by atoms with E-state index in [1.54, 1.807) is 52.3 Å². The van der Waals surface area contributed by atoms with E-state index in [2.05, 4.69) is 6.92 Å². The Hall–Kier alpha value is -3.06. The van der Waals surface area contributed by atoms with Crippen LogP contribution in [0.5, 0.6) is 0 Å². The molecule has 0 bridgehead atoms. The van der Waals surface area contributed by atoms with Crippen LogP contribution < -0.4 is 10.6 Å². The molecule has 3 aromatic rings. The van der Waals surface area contributed by atoms with Crippen LogP contribution in [-0.2, 0) is 9.53 Å². The van der Waals surface area contributed by atoms with Gasteiger partial charge >= 0.3 is 0 Å². The minimum absolute atomic E-state index is 0.221. The number of nitrogen functional groups attached to an aromatic ring is 1. The number of carbonyl (C=O) groups excluding carboxylic acids is 2. The van der Waals surface area contributed by atoms with E-state index in [1.165, 1.54) is 0 Å². The number of amides is 2. The summed E-state index contributed by atoms with van der Waals surface area (Å²) in [4.78, 5) is 32.1. The summed E-state index contributed by atoms with van der Waals surface area (Å²) in [5, 5.41) is 1.05. The Morgan fingerprint density at radius 2 is 1.68 bits per heavy atom. The molecule has 2 N–H and O–H groups in total. The molecular formula is C30H33Cl2N3O3. The molecule has 0 saturated carbocycles. The third-order valence-electron chi connectivity index (χ3n) is 6.89. The number of nitrogens with two attached hydrogens (primary N) is 1. The van der Waals surface area contributed by atoms with Crippen LogP contribution in [0.25, 0.3) is 0 Å². The van der Waals surface area contributed by atoms with Crippen LogP contribution in [0, 0.1) is 6.92 Å². The highest BCUT2D eigenvalue weighted by molar-refractivity contribution is 6.31. The Labute approximate surface area is 234 Å². The summed E-state index contributed by atoms with van der Waals surface area (Å²) in [6.45, 7) is 7.22. The molecule has 0 saturated heterocycles. The summed E-state index contributed by atoms with van der Waals surface area (Å²) >= 11 is 12.3. The largest absolute Gasteiger partial charge is 0.398 e. The molecule has 2 unspecified atom stereocenters. The second-order valence-electron chi connectivity index (χ2n) is 9.59. The first-order chi connectivity index (χ1) is 18.2. The molecule has 0 aliphatic carbocycles. The fourth-order valence-corrected chi connectivity index (χ4v) is 5.16.